The number of aliphatic hydroxyl groups is 1. The molecule has 17 heavy (non-hydrogen) atoms. The highest BCUT2D eigenvalue weighted by Crippen LogP contribution is 2.16. The van der Waals surface area contributed by atoms with E-state index in [1.165, 1.54) is 17.0 Å². The van der Waals surface area contributed by atoms with Crippen molar-refractivity contribution in [2.45, 2.75) is 27.2 Å². The van der Waals surface area contributed by atoms with Gasteiger partial charge in [-0.2, -0.15) is 0 Å². The lowest BCUT2D eigenvalue weighted by molar-refractivity contribution is 0.298. The normalized spacial score (nSPS) is 10.8. The molecule has 0 unspecified atom stereocenters. The van der Waals surface area contributed by atoms with Gasteiger partial charge < -0.3 is 9.67 Å². The van der Waals surface area contributed by atoms with Crippen molar-refractivity contribution in [3.8, 4) is 5.82 Å². The van der Waals surface area contributed by atoms with Crippen LogP contribution in [0.3, 0.4) is 0 Å². The summed E-state index contributed by atoms with van der Waals surface area (Å²) in [6.45, 7) is 6.34. The number of hydrogen-bond donors (Lipinski definition) is 1. The van der Waals surface area contributed by atoms with Gasteiger partial charge in [0.25, 0.3) is 0 Å². The van der Waals surface area contributed by atoms with E-state index in [4.69, 9.17) is 5.11 Å². The molecule has 0 fully saturated rings. The van der Waals surface area contributed by atoms with E-state index in [9.17, 15) is 0 Å². The van der Waals surface area contributed by atoms with Crippen LogP contribution in [0.15, 0.2) is 24.3 Å². The van der Waals surface area contributed by atoms with Gasteiger partial charge in [0, 0.05) is 30.1 Å². The Hall–Kier alpha value is -1.61. The van der Waals surface area contributed by atoms with Crippen molar-refractivity contribution in [3.63, 3.8) is 0 Å². The average molecular weight is 230 g/mol. The smallest absolute Gasteiger partial charge is 0.137 e. The van der Waals surface area contributed by atoms with Crippen LogP contribution in [-0.4, -0.2) is 21.3 Å². The van der Waals surface area contributed by atoms with Crippen molar-refractivity contribution in [2.24, 2.45) is 0 Å². The van der Waals surface area contributed by atoms with E-state index in [-0.39, 0.29) is 6.61 Å². The topological polar surface area (TPSA) is 38.1 Å². The lowest BCUT2D eigenvalue weighted by atomic mass is 10.2. The first-order chi connectivity index (χ1) is 8.11. The SMILES string of the molecule is Cc1cc(CCO)nc(-n2c(C)ccc2C)c1. The molecule has 0 radical (unpaired) electrons. The van der Waals surface area contributed by atoms with E-state index in [0.717, 1.165) is 11.5 Å². The molecule has 0 amide bonds. The van der Waals surface area contributed by atoms with Crippen LogP contribution in [0.5, 0.6) is 0 Å². The standard InChI is InChI=1S/C14H18N2O/c1-10-8-13(6-7-17)15-14(9-10)16-11(2)4-5-12(16)3/h4-5,8-9,17H,6-7H2,1-3H3. The highest BCUT2D eigenvalue weighted by molar-refractivity contribution is 5.35. The largest absolute Gasteiger partial charge is 0.396 e. The molecule has 3 heteroatoms. The van der Waals surface area contributed by atoms with Gasteiger partial charge in [-0.3, -0.25) is 0 Å². The summed E-state index contributed by atoms with van der Waals surface area (Å²) in [4.78, 5) is 4.59. The summed E-state index contributed by atoms with van der Waals surface area (Å²) in [5.41, 5.74) is 4.46. The van der Waals surface area contributed by atoms with Gasteiger partial charge in [0.05, 0.1) is 0 Å². The minimum Gasteiger partial charge on any atom is -0.396 e. The Morgan fingerprint density at radius 2 is 1.76 bits per heavy atom. The molecule has 2 aromatic heterocycles. The van der Waals surface area contributed by atoms with Crippen LogP contribution in [0.2, 0.25) is 0 Å². The van der Waals surface area contributed by atoms with Crippen molar-refractivity contribution in [1.82, 2.24) is 9.55 Å². The second-order valence-corrected chi connectivity index (χ2v) is 4.42. The van der Waals surface area contributed by atoms with Crippen molar-refractivity contribution < 1.29 is 5.11 Å². The van der Waals surface area contributed by atoms with Crippen molar-refractivity contribution >= 4 is 0 Å². The maximum absolute atomic E-state index is 8.99. The number of aliphatic hydroxyl groups excluding tert-OH is 1. The zero-order valence-corrected chi connectivity index (χ0v) is 10.6. The quantitative estimate of drug-likeness (QED) is 0.878. The Balaban J connectivity index is 2.52. The van der Waals surface area contributed by atoms with E-state index in [1.807, 2.05) is 6.07 Å². The number of rotatable bonds is 3. The van der Waals surface area contributed by atoms with Crippen molar-refractivity contribution in [2.75, 3.05) is 6.61 Å². The fourth-order valence-electron chi connectivity index (χ4n) is 2.11. The Labute approximate surface area is 102 Å². The number of pyridine rings is 1. The molecule has 90 valence electrons. The van der Waals surface area contributed by atoms with Crippen LogP contribution >= 0.6 is 0 Å². The molecule has 2 rings (SSSR count). The van der Waals surface area contributed by atoms with Gasteiger partial charge in [-0.05, 0) is 50.6 Å². The van der Waals surface area contributed by atoms with Gasteiger partial charge in [0.15, 0.2) is 0 Å². The molecular formula is C14H18N2O. The zero-order chi connectivity index (χ0) is 12.4. The zero-order valence-electron chi connectivity index (χ0n) is 10.6. The van der Waals surface area contributed by atoms with Crippen LogP contribution < -0.4 is 0 Å². The molecular weight excluding hydrogens is 212 g/mol. The third-order valence-electron chi connectivity index (χ3n) is 2.88. The van der Waals surface area contributed by atoms with Gasteiger partial charge in [0.2, 0.25) is 0 Å². The van der Waals surface area contributed by atoms with Crippen LogP contribution in [0.25, 0.3) is 5.82 Å². The average Bonchev–Trinajstić information content (AvgIpc) is 2.58. The molecule has 2 heterocycles. The Morgan fingerprint density at radius 1 is 1.12 bits per heavy atom. The molecule has 0 spiro atoms. The molecule has 0 aliphatic carbocycles. The van der Waals surface area contributed by atoms with E-state index < -0.39 is 0 Å². The Morgan fingerprint density at radius 3 is 2.35 bits per heavy atom. The molecule has 0 atom stereocenters. The van der Waals surface area contributed by atoms with E-state index in [2.05, 4.69) is 48.5 Å². The second-order valence-electron chi connectivity index (χ2n) is 4.42. The molecule has 0 bridgehead atoms. The Kier molecular flexibility index (Phi) is 3.29. The predicted molar refractivity (Wildman–Crippen MR) is 68.6 cm³/mol. The van der Waals surface area contributed by atoms with Gasteiger partial charge in [-0.15, -0.1) is 0 Å². The lowest BCUT2D eigenvalue weighted by Gasteiger charge is -2.11. The lowest BCUT2D eigenvalue weighted by Crippen LogP contribution is -2.05. The first kappa shape index (κ1) is 11.9. The minimum absolute atomic E-state index is 0.138. The number of aromatic nitrogens is 2. The number of aryl methyl sites for hydroxylation is 3. The predicted octanol–water partition coefficient (Wildman–Crippen LogP) is 2.33. The summed E-state index contributed by atoms with van der Waals surface area (Å²) in [6.07, 6.45) is 0.605. The van der Waals surface area contributed by atoms with Crippen molar-refractivity contribution in [3.05, 3.63) is 46.9 Å². The fraction of sp³-hybridized carbons (Fsp3) is 0.357. The second kappa shape index (κ2) is 4.72. The fourth-order valence-corrected chi connectivity index (χ4v) is 2.11. The third kappa shape index (κ3) is 2.39. The van der Waals surface area contributed by atoms with Gasteiger partial charge in [-0.1, -0.05) is 0 Å². The van der Waals surface area contributed by atoms with Gasteiger partial charge in [0.1, 0.15) is 5.82 Å². The summed E-state index contributed by atoms with van der Waals surface area (Å²) in [5, 5.41) is 8.99. The molecule has 0 aromatic carbocycles. The van der Waals surface area contributed by atoms with E-state index in [1.54, 1.807) is 0 Å². The van der Waals surface area contributed by atoms with E-state index >= 15 is 0 Å². The third-order valence-corrected chi connectivity index (χ3v) is 2.88. The highest BCUT2D eigenvalue weighted by Gasteiger charge is 2.07. The molecule has 3 nitrogen and oxygen atoms in total. The number of nitrogens with zero attached hydrogens (tertiary/aromatic N) is 2. The Bertz CT molecular complexity index is 510. The molecule has 0 aliphatic heterocycles. The van der Waals surface area contributed by atoms with Crippen LogP contribution in [0.4, 0.5) is 0 Å². The minimum atomic E-state index is 0.138. The van der Waals surface area contributed by atoms with Crippen LogP contribution in [-0.2, 0) is 6.42 Å². The first-order valence-corrected chi connectivity index (χ1v) is 5.85. The first-order valence-electron chi connectivity index (χ1n) is 5.85. The summed E-state index contributed by atoms with van der Waals surface area (Å²) in [6, 6.07) is 8.27. The number of hydrogen-bond acceptors (Lipinski definition) is 2. The van der Waals surface area contributed by atoms with Crippen LogP contribution in [0.1, 0.15) is 22.6 Å². The van der Waals surface area contributed by atoms with Gasteiger partial charge in [-0.25, -0.2) is 4.98 Å². The van der Waals surface area contributed by atoms with Crippen molar-refractivity contribution in [1.29, 1.82) is 0 Å². The maximum Gasteiger partial charge on any atom is 0.137 e. The molecule has 0 saturated heterocycles. The highest BCUT2D eigenvalue weighted by atomic mass is 16.3. The molecule has 0 aliphatic rings. The monoisotopic (exact) mass is 230 g/mol. The van der Waals surface area contributed by atoms with Gasteiger partial charge >= 0.3 is 0 Å². The summed E-state index contributed by atoms with van der Waals surface area (Å²) in [7, 11) is 0. The summed E-state index contributed by atoms with van der Waals surface area (Å²) in [5.74, 6) is 0.938. The molecule has 0 saturated carbocycles. The van der Waals surface area contributed by atoms with E-state index in [0.29, 0.717) is 6.42 Å². The summed E-state index contributed by atoms with van der Waals surface area (Å²) < 4.78 is 2.13. The molecule has 1 N–H and O–H groups in total. The molecule has 2 aromatic rings. The summed E-state index contributed by atoms with van der Waals surface area (Å²) >= 11 is 0. The van der Waals surface area contributed by atoms with Crippen LogP contribution in [0, 0.1) is 20.8 Å². The maximum atomic E-state index is 8.99.